The number of hydrogen-bond donors (Lipinski definition) is 2. The quantitative estimate of drug-likeness (QED) is 0.689. The summed E-state index contributed by atoms with van der Waals surface area (Å²) in [5.74, 6) is 0.621. The van der Waals surface area contributed by atoms with Crippen molar-refractivity contribution in [1.82, 2.24) is 15.5 Å². The van der Waals surface area contributed by atoms with Gasteiger partial charge in [0.25, 0.3) is 0 Å². The largest absolute Gasteiger partial charge is 0.356 e. The Labute approximate surface area is 110 Å². The van der Waals surface area contributed by atoms with Gasteiger partial charge in [0, 0.05) is 12.5 Å². The van der Waals surface area contributed by atoms with Crippen LogP contribution in [0.15, 0.2) is 0 Å². The van der Waals surface area contributed by atoms with Crippen LogP contribution in [0, 0.1) is 11.3 Å². The first-order valence-electron chi connectivity index (χ1n) is 7.27. The highest BCUT2D eigenvalue weighted by Crippen LogP contribution is 2.58. The van der Waals surface area contributed by atoms with Crippen LogP contribution in [0.25, 0.3) is 0 Å². The van der Waals surface area contributed by atoms with E-state index in [4.69, 9.17) is 0 Å². The second-order valence-electron chi connectivity index (χ2n) is 6.17. The maximum atomic E-state index is 12.0. The van der Waals surface area contributed by atoms with Gasteiger partial charge in [0.2, 0.25) is 5.91 Å². The zero-order chi connectivity index (χ0) is 13.0. The maximum Gasteiger partial charge on any atom is 0.223 e. The molecule has 1 saturated heterocycles. The van der Waals surface area contributed by atoms with E-state index in [9.17, 15) is 4.79 Å². The summed E-state index contributed by atoms with van der Waals surface area (Å²) in [6.45, 7) is 4.13. The molecule has 1 amide bonds. The highest BCUT2D eigenvalue weighted by atomic mass is 16.2. The summed E-state index contributed by atoms with van der Waals surface area (Å²) in [4.78, 5) is 14.2. The van der Waals surface area contributed by atoms with Crippen molar-refractivity contribution < 1.29 is 4.79 Å². The van der Waals surface area contributed by atoms with Crippen molar-refractivity contribution in [3.05, 3.63) is 0 Å². The lowest BCUT2D eigenvalue weighted by Crippen LogP contribution is -2.34. The SMILES string of the molecule is CN(C)CCCCNC(=O)C1CC12CCNCC2. The normalized spacial score (nSPS) is 25.4. The number of hydrogen-bond acceptors (Lipinski definition) is 3. The predicted octanol–water partition coefficient (Wildman–Crippen LogP) is 0.834. The molecule has 0 bridgehead atoms. The summed E-state index contributed by atoms with van der Waals surface area (Å²) in [5.41, 5.74) is 0.374. The van der Waals surface area contributed by atoms with E-state index in [1.807, 2.05) is 0 Å². The summed E-state index contributed by atoms with van der Waals surface area (Å²) in [7, 11) is 4.17. The number of unbranched alkanes of at least 4 members (excludes halogenated alkanes) is 1. The van der Waals surface area contributed by atoms with Crippen LogP contribution < -0.4 is 10.6 Å². The van der Waals surface area contributed by atoms with Gasteiger partial charge in [-0.25, -0.2) is 0 Å². The second kappa shape index (κ2) is 6.02. The monoisotopic (exact) mass is 253 g/mol. The molecular weight excluding hydrogens is 226 g/mol. The minimum absolute atomic E-state index is 0.307. The molecule has 2 fully saturated rings. The van der Waals surface area contributed by atoms with Crippen LogP contribution in [0.4, 0.5) is 0 Å². The Morgan fingerprint density at radius 2 is 2.06 bits per heavy atom. The fourth-order valence-electron chi connectivity index (χ4n) is 3.08. The van der Waals surface area contributed by atoms with Crippen LogP contribution in [0.1, 0.15) is 32.1 Å². The third kappa shape index (κ3) is 3.45. The molecule has 104 valence electrons. The minimum atomic E-state index is 0.307. The molecule has 0 radical (unpaired) electrons. The van der Waals surface area contributed by atoms with Crippen molar-refractivity contribution in [1.29, 1.82) is 0 Å². The number of carbonyl (C=O) groups excluding carboxylic acids is 1. The van der Waals surface area contributed by atoms with Crippen LogP contribution in [0.2, 0.25) is 0 Å². The summed E-state index contributed by atoms with van der Waals surface area (Å²) in [5, 5.41) is 6.49. The van der Waals surface area contributed by atoms with Gasteiger partial charge in [-0.1, -0.05) is 0 Å². The Kier molecular flexibility index (Phi) is 4.62. The predicted molar refractivity (Wildman–Crippen MR) is 73.4 cm³/mol. The Morgan fingerprint density at radius 3 is 2.72 bits per heavy atom. The molecule has 1 heterocycles. The molecule has 1 saturated carbocycles. The highest BCUT2D eigenvalue weighted by molar-refractivity contribution is 5.82. The van der Waals surface area contributed by atoms with Gasteiger partial charge < -0.3 is 15.5 Å². The molecule has 2 rings (SSSR count). The molecule has 2 N–H and O–H groups in total. The molecule has 18 heavy (non-hydrogen) atoms. The van der Waals surface area contributed by atoms with Crippen molar-refractivity contribution in [3.63, 3.8) is 0 Å². The summed E-state index contributed by atoms with van der Waals surface area (Å²) in [6.07, 6.45) is 5.74. The number of rotatable bonds is 6. The summed E-state index contributed by atoms with van der Waals surface area (Å²) in [6, 6.07) is 0. The van der Waals surface area contributed by atoms with E-state index in [1.165, 1.54) is 12.8 Å². The maximum absolute atomic E-state index is 12.0. The molecule has 1 aliphatic carbocycles. The molecule has 2 aliphatic rings. The number of amides is 1. The lowest BCUT2D eigenvalue weighted by molar-refractivity contribution is -0.123. The van der Waals surface area contributed by atoms with Crippen LogP contribution in [0.3, 0.4) is 0 Å². The summed E-state index contributed by atoms with van der Waals surface area (Å²) < 4.78 is 0. The zero-order valence-electron chi connectivity index (χ0n) is 11.8. The minimum Gasteiger partial charge on any atom is -0.356 e. The second-order valence-corrected chi connectivity index (χ2v) is 6.17. The lowest BCUT2D eigenvalue weighted by Gasteiger charge is -2.23. The molecule has 0 aromatic rings. The van der Waals surface area contributed by atoms with Crippen molar-refractivity contribution in [2.75, 3.05) is 40.3 Å². The fourth-order valence-corrected chi connectivity index (χ4v) is 3.08. The van der Waals surface area contributed by atoms with Gasteiger partial charge >= 0.3 is 0 Å². The van der Waals surface area contributed by atoms with Crippen LogP contribution in [0.5, 0.6) is 0 Å². The van der Waals surface area contributed by atoms with E-state index in [1.54, 1.807) is 0 Å². The fraction of sp³-hybridized carbons (Fsp3) is 0.929. The van der Waals surface area contributed by atoms with E-state index in [0.717, 1.165) is 45.4 Å². The Balaban J connectivity index is 1.59. The number of nitrogens with one attached hydrogen (secondary N) is 2. The molecule has 1 aliphatic heterocycles. The first-order valence-corrected chi connectivity index (χ1v) is 7.27. The van der Waals surface area contributed by atoms with E-state index in [0.29, 0.717) is 17.2 Å². The molecule has 4 heteroatoms. The Hall–Kier alpha value is -0.610. The third-order valence-corrected chi connectivity index (χ3v) is 4.44. The first kappa shape index (κ1) is 13.8. The van der Waals surface area contributed by atoms with Crippen molar-refractivity contribution >= 4 is 5.91 Å². The Morgan fingerprint density at radius 1 is 1.33 bits per heavy atom. The number of piperidine rings is 1. The standard InChI is InChI=1S/C14H27N3O/c1-17(2)10-4-3-7-16-13(18)12-11-14(12)5-8-15-9-6-14/h12,15H,3-11H2,1-2H3,(H,16,18). The molecule has 0 aromatic heterocycles. The average Bonchev–Trinajstić information content (AvgIpc) is 3.03. The molecule has 4 nitrogen and oxygen atoms in total. The molecule has 0 aromatic carbocycles. The van der Waals surface area contributed by atoms with E-state index in [2.05, 4.69) is 29.6 Å². The third-order valence-electron chi connectivity index (χ3n) is 4.44. The molecular formula is C14H27N3O. The topological polar surface area (TPSA) is 44.4 Å². The Bertz CT molecular complexity index is 285. The molecule has 1 unspecified atom stereocenters. The van der Waals surface area contributed by atoms with Crippen molar-refractivity contribution in [2.45, 2.75) is 32.1 Å². The van der Waals surface area contributed by atoms with Gasteiger partial charge in [-0.15, -0.1) is 0 Å². The highest BCUT2D eigenvalue weighted by Gasteiger charge is 2.57. The molecule has 1 atom stereocenters. The van der Waals surface area contributed by atoms with Gasteiger partial charge in [0.15, 0.2) is 0 Å². The van der Waals surface area contributed by atoms with Crippen molar-refractivity contribution in [2.24, 2.45) is 11.3 Å². The number of nitrogens with zero attached hydrogens (tertiary/aromatic N) is 1. The van der Waals surface area contributed by atoms with Gasteiger partial charge in [-0.3, -0.25) is 4.79 Å². The van der Waals surface area contributed by atoms with Crippen LogP contribution >= 0.6 is 0 Å². The van der Waals surface area contributed by atoms with Gasteiger partial charge in [-0.2, -0.15) is 0 Å². The molecule has 1 spiro atoms. The lowest BCUT2D eigenvalue weighted by atomic mass is 9.92. The van der Waals surface area contributed by atoms with Gasteiger partial charge in [-0.05, 0) is 71.2 Å². The van der Waals surface area contributed by atoms with E-state index in [-0.39, 0.29) is 0 Å². The number of carbonyl (C=O) groups is 1. The van der Waals surface area contributed by atoms with Crippen LogP contribution in [-0.2, 0) is 4.79 Å². The zero-order valence-corrected chi connectivity index (χ0v) is 11.8. The summed E-state index contributed by atoms with van der Waals surface area (Å²) >= 11 is 0. The van der Waals surface area contributed by atoms with Gasteiger partial charge in [0.1, 0.15) is 0 Å². The van der Waals surface area contributed by atoms with Crippen LogP contribution in [-0.4, -0.2) is 51.1 Å². The smallest absolute Gasteiger partial charge is 0.223 e. The first-order chi connectivity index (χ1) is 8.64. The average molecular weight is 253 g/mol. The van der Waals surface area contributed by atoms with E-state index < -0.39 is 0 Å². The van der Waals surface area contributed by atoms with Gasteiger partial charge in [0.05, 0.1) is 0 Å². The van der Waals surface area contributed by atoms with E-state index >= 15 is 0 Å². The van der Waals surface area contributed by atoms with Crippen molar-refractivity contribution in [3.8, 4) is 0 Å².